The molecule has 3 rings (SSSR count). The van der Waals surface area contributed by atoms with E-state index in [9.17, 15) is 10.5 Å². The van der Waals surface area contributed by atoms with Crippen molar-refractivity contribution in [2.45, 2.75) is 5.92 Å². The van der Waals surface area contributed by atoms with Crippen molar-refractivity contribution in [3.8, 4) is 23.6 Å². The molecule has 0 aromatic heterocycles. The van der Waals surface area contributed by atoms with Gasteiger partial charge in [0.05, 0.1) is 32.8 Å². The number of nitrogens with zero attached hydrogens (tertiary/aromatic N) is 2. The fraction of sp³-hybridized carbons (Fsp3) is 0.214. The van der Waals surface area contributed by atoms with Gasteiger partial charge in [-0.15, -0.1) is 0 Å². The molecule has 0 amide bonds. The number of ether oxygens (including phenoxy) is 2. The van der Waals surface area contributed by atoms with Crippen molar-refractivity contribution >= 4 is 28.4 Å². The zero-order chi connectivity index (χ0) is 15.9. The molecule has 110 valence electrons. The van der Waals surface area contributed by atoms with Crippen LogP contribution in [-0.4, -0.2) is 11.8 Å². The molecule has 2 atom stereocenters. The standard InChI is InChI=1S/C14H9ClN4O2S/c15-11-6(1-2-9-12(11)21-5-20-9)10-7(3-16)13(18)22-14(19)8(10)4-17/h1-2,7,10,18H,5,19H2/t7-,10+/m0/s1. The molecule has 0 spiro atoms. The minimum atomic E-state index is -0.815. The molecule has 0 unspecified atom stereocenters. The van der Waals surface area contributed by atoms with E-state index >= 15 is 0 Å². The van der Waals surface area contributed by atoms with Crippen LogP contribution in [0.5, 0.6) is 11.5 Å². The molecule has 2 aliphatic rings. The molecule has 8 heteroatoms. The van der Waals surface area contributed by atoms with Crippen LogP contribution in [0.15, 0.2) is 22.7 Å². The van der Waals surface area contributed by atoms with Gasteiger partial charge in [-0.2, -0.15) is 10.5 Å². The van der Waals surface area contributed by atoms with Crippen molar-refractivity contribution in [3.05, 3.63) is 33.3 Å². The van der Waals surface area contributed by atoms with Crippen LogP contribution in [-0.2, 0) is 0 Å². The Morgan fingerprint density at radius 3 is 2.82 bits per heavy atom. The van der Waals surface area contributed by atoms with Crippen LogP contribution in [0.3, 0.4) is 0 Å². The number of hydrogen-bond acceptors (Lipinski definition) is 7. The zero-order valence-electron chi connectivity index (χ0n) is 11.1. The lowest BCUT2D eigenvalue weighted by Gasteiger charge is -2.28. The van der Waals surface area contributed by atoms with E-state index in [1.165, 1.54) is 0 Å². The molecule has 22 heavy (non-hydrogen) atoms. The van der Waals surface area contributed by atoms with Gasteiger partial charge in [0.1, 0.15) is 5.92 Å². The second-order valence-electron chi connectivity index (χ2n) is 4.64. The zero-order valence-corrected chi connectivity index (χ0v) is 12.7. The molecular formula is C14H9ClN4O2S. The number of nitrogens with one attached hydrogen (secondary N) is 1. The molecule has 6 nitrogen and oxygen atoms in total. The summed E-state index contributed by atoms with van der Waals surface area (Å²) in [6, 6.07) is 7.46. The fourth-order valence-electron chi connectivity index (χ4n) is 2.49. The Kier molecular flexibility index (Phi) is 3.61. The number of rotatable bonds is 1. The van der Waals surface area contributed by atoms with E-state index in [4.69, 9.17) is 32.2 Å². The minimum absolute atomic E-state index is 0.0691. The van der Waals surface area contributed by atoms with Gasteiger partial charge in [-0.05, 0) is 11.6 Å². The molecule has 2 aliphatic heterocycles. The lowest BCUT2D eigenvalue weighted by molar-refractivity contribution is 0.174. The number of thioether (sulfide) groups is 1. The average molecular weight is 333 g/mol. The number of fused-ring (bicyclic) bond motifs is 1. The van der Waals surface area contributed by atoms with Crippen LogP contribution >= 0.6 is 23.4 Å². The number of benzene rings is 1. The molecule has 0 saturated heterocycles. The first-order chi connectivity index (χ1) is 10.6. The molecule has 0 aliphatic carbocycles. The van der Waals surface area contributed by atoms with Crippen molar-refractivity contribution < 1.29 is 9.47 Å². The summed E-state index contributed by atoms with van der Waals surface area (Å²) in [5.74, 6) is -0.606. The third-order valence-corrected chi connectivity index (χ3v) is 4.82. The molecule has 0 radical (unpaired) electrons. The highest BCUT2D eigenvalue weighted by Crippen LogP contribution is 2.49. The lowest BCUT2D eigenvalue weighted by atomic mass is 9.81. The van der Waals surface area contributed by atoms with Gasteiger partial charge in [-0.3, -0.25) is 5.41 Å². The minimum Gasteiger partial charge on any atom is -0.454 e. The summed E-state index contributed by atoms with van der Waals surface area (Å²) in [5.41, 5.74) is 6.63. The van der Waals surface area contributed by atoms with Crippen LogP contribution in [0.25, 0.3) is 0 Å². The molecule has 3 N–H and O–H groups in total. The normalized spacial score (nSPS) is 23.1. The summed E-state index contributed by atoms with van der Waals surface area (Å²) in [5, 5.41) is 27.4. The van der Waals surface area contributed by atoms with E-state index in [2.05, 4.69) is 6.07 Å². The third-order valence-electron chi connectivity index (χ3n) is 3.52. The highest BCUT2D eigenvalue weighted by Gasteiger charge is 2.39. The first-order valence-electron chi connectivity index (χ1n) is 6.22. The van der Waals surface area contributed by atoms with Crippen LogP contribution in [0.4, 0.5) is 0 Å². The van der Waals surface area contributed by atoms with Crippen LogP contribution < -0.4 is 15.2 Å². The van der Waals surface area contributed by atoms with Crippen molar-refractivity contribution in [1.29, 1.82) is 15.9 Å². The van der Waals surface area contributed by atoms with E-state index in [0.717, 1.165) is 11.8 Å². The van der Waals surface area contributed by atoms with Crippen LogP contribution in [0, 0.1) is 34.0 Å². The first kappa shape index (κ1) is 14.6. The number of nitrogens with two attached hydrogens (primary N) is 1. The Labute approximate surface area is 135 Å². The Hall–Kier alpha value is -2.35. The maximum absolute atomic E-state index is 9.40. The van der Waals surface area contributed by atoms with Gasteiger partial charge in [0.15, 0.2) is 11.5 Å². The highest BCUT2D eigenvalue weighted by atomic mass is 35.5. The summed E-state index contributed by atoms with van der Waals surface area (Å²) in [6.45, 7) is 0.0691. The molecule has 0 fully saturated rings. The summed E-state index contributed by atoms with van der Waals surface area (Å²) >= 11 is 7.30. The number of nitriles is 2. The lowest BCUT2D eigenvalue weighted by Crippen LogP contribution is -2.27. The van der Waals surface area contributed by atoms with Gasteiger partial charge < -0.3 is 15.2 Å². The van der Waals surface area contributed by atoms with Crippen molar-refractivity contribution in [3.63, 3.8) is 0 Å². The Morgan fingerprint density at radius 2 is 2.14 bits per heavy atom. The first-order valence-corrected chi connectivity index (χ1v) is 7.41. The predicted molar refractivity (Wildman–Crippen MR) is 81.6 cm³/mol. The van der Waals surface area contributed by atoms with E-state index in [-0.39, 0.29) is 27.5 Å². The summed E-state index contributed by atoms with van der Waals surface area (Å²) in [6.07, 6.45) is 0. The monoisotopic (exact) mass is 332 g/mol. The van der Waals surface area contributed by atoms with E-state index in [0.29, 0.717) is 17.1 Å². The van der Waals surface area contributed by atoms with E-state index in [1.54, 1.807) is 12.1 Å². The van der Waals surface area contributed by atoms with Crippen LogP contribution in [0.1, 0.15) is 11.5 Å². The Bertz CT molecular complexity index is 793. The maximum atomic E-state index is 9.40. The number of halogens is 1. The van der Waals surface area contributed by atoms with Crippen LogP contribution in [0.2, 0.25) is 5.02 Å². The number of hydrogen-bond donors (Lipinski definition) is 2. The van der Waals surface area contributed by atoms with E-state index < -0.39 is 11.8 Å². The van der Waals surface area contributed by atoms with Gasteiger partial charge in [0.2, 0.25) is 6.79 Å². The fourth-order valence-corrected chi connectivity index (χ4v) is 3.66. The second kappa shape index (κ2) is 5.45. The van der Waals surface area contributed by atoms with E-state index in [1.807, 2.05) is 6.07 Å². The molecule has 1 aromatic carbocycles. The smallest absolute Gasteiger partial charge is 0.231 e. The summed E-state index contributed by atoms with van der Waals surface area (Å²) in [7, 11) is 0. The molecule has 2 heterocycles. The Balaban J connectivity index is 2.20. The van der Waals surface area contributed by atoms with Gasteiger partial charge in [-0.25, -0.2) is 0 Å². The van der Waals surface area contributed by atoms with Crippen molar-refractivity contribution in [2.75, 3.05) is 6.79 Å². The van der Waals surface area contributed by atoms with Gasteiger partial charge in [0, 0.05) is 5.92 Å². The number of allylic oxidation sites excluding steroid dienone is 1. The summed E-state index contributed by atoms with van der Waals surface area (Å²) < 4.78 is 10.6. The molecule has 0 saturated carbocycles. The quantitative estimate of drug-likeness (QED) is 0.816. The highest BCUT2D eigenvalue weighted by molar-refractivity contribution is 8.17. The third kappa shape index (κ3) is 2.07. The maximum Gasteiger partial charge on any atom is 0.231 e. The van der Waals surface area contributed by atoms with Gasteiger partial charge in [0.25, 0.3) is 0 Å². The van der Waals surface area contributed by atoms with Crippen molar-refractivity contribution in [1.82, 2.24) is 0 Å². The SMILES string of the molecule is N#CC1=C(N)SC(=N)[C@@H](C#N)[C@H]1c1ccc2c(c1Cl)OCO2. The topological polar surface area (TPSA) is 116 Å². The molecular weight excluding hydrogens is 324 g/mol. The largest absolute Gasteiger partial charge is 0.454 e. The summed E-state index contributed by atoms with van der Waals surface area (Å²) in [4.78, 5) is 0. The second-order valence-corrected chi connectivity index (χ2v) is 6.10. The average Bonchev–Trinajstić information content (AvgIpc) is 2.96. The van der Waals surface area contributed by atoms with Gasteiger partial charge in [-0.1, -0.05) is 29.4 Å². The van der Waals surface area contributed by atoms with Gasteiger partial charge >= 0.3 is 0 Å². The Morgan fingerprint density at radius 1 is 1.36 bits per heavy atom. The molecule has 0 bridgehead atoms. The molecule has 1 aromatic rings. The predicted octanol–water partition coefficient (Wildman–Crippen LogP) is 2.71. The van der Waals surface area contributed by atoms with Crippen molar-refractivity contribution in [2.24, 2.45) is 11.7 Å².